The van der Waals surface area contributed by atoms with Crippen molar-refractivity contribution in [3.63, 3.8) is 0 Å². The Morgan fingerprint density at radius 3 is 2.63 bits per heavy atom. The molecule has 8 bridgehead atoms. The van der Waals surface area contributed by atoms with Gasteiger partial charge < -0.3 is 18.8 Å². The van der Waals surface area contributed by atoms with Crippen LogP contribution < -0.4 is 4.74 Å². The molecule has 1 fully saturated rings. The van der Waals surface area contributed by atoms with Gasteiger partial charge in [0.2, 0.25) is 0 Å². The number of aryl methyl sites for hydroxylation is 5. The molecule has 6 aromatic rings. The molecular formula is C41H42ClF2N5O4S. The van der Waals surface area contributed by atoms with Gasteiger partial charge in [-0.15, -0.1) is 11.8 Å². The fourth-order valence-electron chi connectivity index (χ4n) is 8.12. The summed E-state index contributed by atoms with van der Waals surface area (Å²) in [5.74, 6) is -0.532. The first-order valence-corrected chi connectivity index (χ1v) is 19.9. The lowest BCUT2D eigenvalue weighted by molar-refractivity contribution is -0.0407. The summed E-state index contributed by atoms with van der Waals surface area (Å²) in [7, 11) is 3.31. The van der Waals surface area contributed by atoms with E-state index in [1.807, 2.05) is 46.1 Å². The molecule has 3 aromatic carbocycles. The standard InChI is InChI=1S/C41H42ClF2N5O4S/c1-23-36-33-14-12-30(42)38(36)37-24(2)49(35-8-5-6-16-53-35)46-32(37)22-54-21-26-20-27(47(3)45-26)10-9-25-18-29-28(11-13-31(43)39(29)44)34(19-25)52-17-7-15-48(33)40(23)41(50)51-4/h11-14,18-20,35H,5-10,15-17,21-22H2,1-4H3. The summed E-state index contributed by atoms with van der Waals surface area (Å²) in [6, 6.07) is 12.2. The molecule has 3 aromatic heterocycles. The molecule has 2 aliphatic heterocycles. The Hall–Kier alpha value is -4.39. The van der Waals surface area contributed by atoms with Crippen LogP contribution >= 0.6 is 23.4 Å². The zero-order valence-corrected chi connectivity index (χ0v) is 32.4. The predicted octanol–water partition coefficient (Wildman–Crippen LogP) is 9.43. The number of rotatable bonds is 2. The Kier molecular flexibility index (Phi) is 10.2. The SMILES string of the molecule is COC(=O)c1c(C)c2c3c(Cl)ccc2n1CCCOc1cc(cc2c(F)c(F)ccc12)CCc1cc(nn1C)CSCc1nn(C2CCCCO2)c(C)c1-3. The van der Waals surface area contributed by atoms with E-state index in [2.05, 4.69) is 13.0 Å². The first kappa shape index (κ1) is 36.6. The van der Waals surface area contributed by atoms with Gasteiger partial charge >= 0.3 is 5.97 Å². The average Bonchev–Trinajstić information content (AvgIpc) is 3.79. The second-order valence-corrected chi connectivity index (χ2v) is 15.5. The lowest BCUT2D eigenvalue weighted by Crippen LogP contribution is -2.20. The second kappa shape index (κ2) is 15.0. The van der Waals surface area contributed by atoms with Crippen molar-refractivity contribution in [2.75, 3.05) is 20.3 Å². The highest BCUT2D eigenvalue weighted by atomic mass is 35.5. The number of halogens is 3. The van der Waals surface area contributed by atoms with Crippen LogP contribution in [-0.4, -0.2) is 50.4 Å². The summed E-state index contributed by atoms with van der Waals surface area (Å²) in [4.78, 5) is 13.5. The molecule has 5 heterocycles. The van der Waals surface area contributed by atoms with E-state index in [9.17, 15) is 9.18 Å². The van der Waals surface area contributed by atoms with E-state index < -0.39 is 17.6 Å². The molecule has 13 heteroatoms. The molecule has 1 atom stereocenters. The smallest absolute Gasteiger partial charge is 0.354 e. The number of esters is 1. The lowest BCUT2D eigenvalue weighted by atomic mass is 9.97. The monoisotopic (exact) mass is 773 g/mol. The van der Waals surface area contributed by atoms with E-state index in [4.69, 9.17) is 36.0 Å². The van der Waals surface area contributed by atoms with Gasteiger partial charge in [0.1, 0.15) is 17.7 Å². The second-order valence-electron chi connectivity index (χ2n) is 14.1. The average molecular weight is 774 g/mol. The molecular weight excluding hydrogens is 732 g/mol. The highest BCUT2D eigenvalue weighted by Gasteiger charge is 2.30. The van der Waals surface area contributed by atoms with Gasteiger partial charge in [0.15, 0.2) is 11.6 Å². The van der Waals surface area contributed by atoms with E-state index in [-0.39, 0.29) is 18.2 Å². The third-order valence-electron chi connectivity index (χ3n) is 10.7. The maximum atomic E-state index is 15.2. The Labute approximate surface area is 321 Å². The molecule has 9 nitrogen and oxygen atoms in total. The first-order valence-electron chi connectivity index (χ1n) is 18.4. The number of aromatic nitrogens is 5. The summed E-state index contributed by atoms with van der Waals surface area (Å²) in [6.07, 6.45) is 4.53. The number of ether oxygens (including phenoxy) is 3. The minimum atomic E-state index is -0.905. The van der Waals surface area contributed by atoms with Crippen molar-refractivity contribution in [3.8, 4) is 16.9 Å². The minimum Gasteiger partial charge on any atom is -0.493 e. The zero-order chi connectivity index (χ0) is 37.7. The molecule has 0 aliphatic carbocycles. The van der Waals surface area contributed by atoms with Gasteiger partial charge in [-0.05, 0) is 106 Å². The van der Waals surface area contributed by atoms with E-state index in [1.165, 1.54) is 7.11 Å². The van der Waals surface area contributed by atoms with E-state index >= 15 is 4.39 Å². The van der Waals surface area contributed by atoms with Crippen LogP contribution in [0.2, 0.25) is 5.02 Å². The van der Waals surface area contributed by atoms with Crippen molar-refractivity contribution in [3.05, 3.63) is 98.7 Å². The molecule has 0 saturated carbocycles. The summed E-state index contributed by atoms with van der Waals surface area (Å²) in [5, 5.41) is 12.1. The Morgan fingerprint density at radius 2 is 1.83 bits per heavy atom. The highest BCUT2D eigenvalue weighted by molar-refractivity contribution is 7.97. The van der Waals surface area contributed by atoms with Crippen molar-refractivity contribution < 1.29 is 27.8 Å². The van der Waals surface area contributed by atoms with Crippen LogP contribution in [0.15, 0.2) is 42.5 Å². The number of fused-ring (bicyclic) bond motifs is 8. The quantitative estimate of drug-likeness (QED) is 0.162. The van der Waals surface area contributed by atoms with Crippen LogP contribution in [0, 0.1) is 25.5 Å². The van der Waals surface area contributed by atoms with Crippen molar-refractivity contribution in [1.29, 1.82) is 0 Å². The molecule has 1 unspecified atom stereocenters. The maximum Gasteiger partial charge on any atom is 0.354 e. The first-order chi connectivity index (χ1) is 26.1. The fraction of sp³-hybridized carbons (Fsp3) is 0.390. The van der Waals surface area contributed by atoms with Crippen LogP contribution in [0.3, 0.4) is 0 Å². The normalized spacial score (nSPS) is 17.0. The number of carbonyl (C=O) groups is 1. The van der Waals surface area contributed by atoms with Crippen LogP contribution in [0.1, 0.15) is 76.3 Å². The van der Waals surface area contributed by atoms with E-state index in [1.54, 1.807) is 23.9 Å². The Morgan fingerprint density at radius 1 is 0.981 bits per heavy atom. The van der Waals surface area contributed by atoms with Crippen molar-refractivity contribution in [2.24, 2.45) is 7.05 Å². The molecule has 1 saturated heterocycles. The minimum absolute atomic E-state index is 0.172. The molecule has 8 rings (SSSR count). The fourth-order valence-corrected chi connectivity index (χ4v) is 9.21. The molecule has 0 N–H and O–H groups in total. The molecule has 0 radical (unpaired) electrons. The van der Waals surface area contributed by atoms with Gasteiger partial charge in [0.25, 0.3) is 0 Å². The third-order valence-corrected chi connectivity index (χ3v) is 12.0. The van der Waals surface area contributed by atoms with Crippen LogP contribution in [0.4, 0.5) is 8.78 Å². The lowest BCUT2D eigenvalue weighted by Gasteiger charge is -2.24. The van der Waals surface area contributed by atoms with Gasteiger partial charge in [0, 0.05) is 80.9 Å². The molecule has 0 spiro atoms. The van der Waals surface area contributed by atoms with Gasteiger partial charge in [-0.1, -0.05) is 11.6 Å². The van der Waals surface area contributed by atoms with Crippen molar-refractivity contribution in [2.45, 2.75) is 76.7 Å². The summed E-state index contributed by atoms with van der Waals surface area (Å²) in [6.45, 7) is 5.38. The topological polar surface area (TPSA) is 85.3 Å². The third kappa shape index (κ3) is 6.56. The Balaban J connectivity index is 1.27. The number of methoxy groups -OCH3 is 1. The summed E-state index contributed by atoms with van der Waals surface area (Å²) < 4.78 is 53.4. The van der Waals surface area contributed by atoms with Crippen LogP contribution in [0.5, 0.6) is 5.75 Å². The molecule has 54 heavy (non-hydrogen) atoms. The number of thioether (sulfide) groups is 1. The van der Waals surface area contributed by atoms with Gasteiger partial charge in [-0.2, -0.15) is 10.2 Å². The molecule has 0 amide bonds. The molecule has 2 aliphatic rings. The summed E-state index contributed by atoms with van der Waals surface area (Å²) in [5.41, 5.74) is 8.43. The molecule has 282 valence electrons. The maximum absolute atomic E-state index is 15.2. The van der Waals surface area contributed by atoms with Crippen LogP contribution in [-0.2, 0) is 47.4 Å². The van der Waals surface area contributed by atoms with Gasteiger partial charge in [-0.3, -0.25) is 4.68 Å². The Bertz CT molecular complexity index is 2410. The largest absolute Gasteiger partial charge is 0.493 e. The number of carbonyl (C=O) groups excluding carboxylic acids is 1. The predicted molar refractivity (Wildman–Crippen MR) is 207 cm³/mol. The van der Waals surface area contributed by atoms with E-state index in [0.717, 1.165) is 81.3 Å². The summed E-state index contributed by atoms with van der Waals surface area (Å²) >= 11 is 8.89. The van der Waals surface area contributed by atoms with Gasteiger partial charge in [0.05, 0.1) is 25.1 Å². The number of benzene rings is 3. The van der Waals surface area contributed by atoms with Gasteiger partial charge in [-0.25, -0.2) is 18.3 Å². The number of hydrogen-bond acceptors (Lipinski definition) is 7. The van der Waals surface area contributed by atoms with Crippen LogP contribution in [0.25, 0.3) is 32.8 Å². The van der Waals surface area contributed by atoms with Crippen molar-refractivity contribution in [1.82, 2.24) is 24.1 Å². The number of nitrogens with zero attached hydrogens (tertiary/aromatic N) is 5. The number of hydrogen-bond donors (Lipinski definition) is 0. The zero-order valence-electron chi connectivity index (χ0n) is 30.8. The van der Waals surface area contributed by atoms with Crippen molar-refractivity contribution >= 4 is 51.0 Å². The van der Waals surface area contributed by atoms with E-state index in [0.29, 0.717) is 65.8 Å². The highest BCUT2D eigenvalue weighted by Crippen LogP contribution is 2.44.